The maximum absolute atomic E-state index is 12.6. The number of halogens is 1. The van der Waals surface area contributed by atoms with Gasteiger partial charge in [0.05, 0.1) is 34.4 Å². The van der Waals surface area contributed by atoms with Gasteiger partial charge in [-0.15, -0.1) is 29.7 Å². The number of rotatable bonds is 8. The number of esters is 1. The fourth-order valence-electron chi connectivity index (χ4n) is 4.12. The quantitative estimate of drug-likeness (QED) is 0.205. The zero-order chi connectivity index (χ0) is 25.7. The molecule has 2 amide bonds. The monoisotopic (exact) mass is 607 g/mol. The second-order valence-corrected chi connectivity index (χ2v) is 12.2. The van der Waals surface area contributed by atoms with Gasteiger partial charge in [0.2, 0.25) is 5.91 Å². The van der Waals surface area contributed by atoms with Gasteiger partial charge in [-0.2, -0.15) is 4.99 Å². The van der Waals surface area contributed by atoms with Crippen LogP contribution in [0.3, 0.4) is 0 Å². The number of thiophene rings is 1. The van der Waals surface area contributed by atoms with Crippen molar-refractivity contribution in [1.29, 1.82) is 0 Å². The molecule has 4 rings (SSSR count). The number of fused-ring (bicyclic) bond motifs is 2. The van der Waals surface area contributed by atoms with E-state index in [1.165, 1.54) is 41.5 Å². The van der Waals surface area contributed by atoms with E-state index < -0.39 is 5.97 Å². The average molecular weight is 609 g/mol. The highest BCUT2D eigenvalue weighted by Gasteiger charge is 2.26. The van der Waals surface area contributed by atoms with Crippen molar-refractivity contribution < 1.29 is 19.1 Å². The molecule has 0 fully saturated rings. The number of aryl methyl sites for hydroxylation is 1. The second kappa shape index (κ2) is 12.4. The number of thioether (sulfide) groups is 1. The molecule has 0 atom stereocenters. The van der Waals surface area contributed by atoms with Crippen molar-refractivity contribution in [3.63, 3.8) is 0 Å². The number of thiazole rings is 1. The summed E-state index contributed by atoms with van der Waals surface area (Å²) in [6.45, 7) is 4.34. The van der Waals surface area contributed by atoms with Crippen molar-refractivity contribution in [2.24, 2.45) is 4.99 Å². The van der Waals surface area contributed by atoms with Gasteiger partial charge < -0.3 is 14.6 Å². The third kappa shape index (κ3) is 6.19. The van der Waals surface area contributed by atoms with Gasteiger partial charge in [-0.05, 0) is 49.4 Å². The molecule has 7 nitrogen and oxygen atoms in total. The van der Waals surface area contributed by atoms with Gasteiger partial charge in [0.1, 0.15) is 5.00 Å². The molecule has 0 saturated carbocycles. The van der Waals surface area contributed by atoms with E-state index in [1.807, 2.05) is 22.8 Å². The Morgan fingerprint density at radius 3 is 2.81 bits per heavy atom. The Hall–Kier alpha value is -2.21. The maximum atomic E-state index is 12.6. The summed E-state index contributed by atoms with van der Waals surface area (Å²) in [6, 6.07) is 5.93. The van der Waals surface area contributed by atoms with Crippen LogP contribution in [0.25, 0.3) is 10.2 Å². The Balaban J connectivity index is 1.41. The van der Waals surface area contributed by atoms with Crippen LogP contribution in [0.2, 0.25) is 0 Å². The van der Waals surface area contributed by atoms with E-state index in [2.05, 4.69) is 32.8 Å². The number of benzene rings is 1. The fraction of sp³-hybridized carbons (Fsp3) is 0.360. The van der Waals surface area contributed by atoms with Crippen LogP contribution in [0.4, 0.5) is 5.00 Å². The number of nitrogens with one attached hydrogen (secondary N) is 1. The summed E-state index contributed by atoms with van der Waals surface area (Å²) < 4.78 is 8.91. The van der Waals surface area contributed by atoms with Crippen LogP contribution in [-0.4, -0.2) is 41.0 Å². The van der Waals surface area contributed by atoms with E-state index in [-0.39, 0.29) is 23.3 Å². The zero-order valence-corrected chi connectivity index (χ0v) is 23.8. The van der Waals surface area contributed by atoms with Gasteiger partial charge in [0.25, 0.3) is 5.91 Å². The average Bonchev–Trinajstić information content (AvgIpc) is 3.25. The molecule has 0 aliphatic heterocycles. The zero-order valence-electron chi connectivity index (χ0n) is 19.8. The lowest BCUT2D eigenvalue weighted by Gasteiger charge is -2.07. The summed E-state index contributed by atoms with van der Waals surface area (Å²) in [4.78, 5) is 43.7. The predicted molar refractivity (Wildman–Crippen MR) is 151 cm³/mol. The minimum atomic E-state index is -0.422. The predicted octanol–water partition coefficient (Wildman–Crippen LogP) is 5.57. The van der Waals surface area contributed by atoms with E-state index in [4.69, 9.17) is 4.74 Å². The van der Waals surface area contributed by atoms with Crippen LogP contribution >= 0.6 is 50.4 Å². The van der Waals surface area contributed by atoms with Crippen LogP contribution in [0.5, 0.6) is 0 Å². The minimum Gasteiger partial charge on any atom is -0.465 e. The van der Waals surface area contributed by atoms with Crippen molar-refractivity contribution in [3.8, 4) is 0 Å². The number of anilines is 1. The van der Waals surface area contributed by atoms with Gasteiger partial charge in [-0.3, -0.25) is 9.59 Å². The molecule has 0 radical (unpaired) electrons. The molecule has 11 heteroatoms. The largest absolute Gasteiger partial charge is 0.465 e. The second-order valence-electron chi connectivity index (χ2n) is 8.20. The van der Waals surface area contributed by atoms with E-state index in [9.17, 15) is 14.4 Å². The van der Waals surface area contributed by atoms with E-state index in [0.29, 0.717) is 21.9 Å². The van der Waals surface area contributed by atoms with Crippen molar-refractivity contribution >= 4 is 83.4 Å². The first kappa shape index (κ1) is 26.8. The van der Waals surface area contributed by atoms with Gasteiger partial charge in [0.15, 0.2) is 4.80 Å². The molecule has 3 aromatic rings. The number of hydrogen-bond acceptors (Lipinski definition) is 7. The summed E-state index contributed by atoms with van der Waals surface area (Å²) in [7, 11) is 1.35. The first-order chi connectivity index (χ1) is 17.4. The molecule has 1 aliphatic rings. The van der Waals surface area contributed by atoms with Crippen LogP contribution < -0.4 is 10.1 Å². The molecule has 2 heterocycles. The molecule has 0 saturated heterocycles. The number of amides is 2. The Morgan fingerprint density at radius 1 is 1.22 bits per heavy atom. The number of carbonyl (C=O) groups excluding carboxylic acids is 3. The maximum Gasteiger partial charge on any atom is 0.341 e. The molecule has 1 aliphatic carbocycles. The lowest BCUT2D eigenvalue weighted by molar-refractivity contribution is -0.115. The van der Waals surface area contributed by atoms with Gasteiger partial charge in [-0.25, -0.2) is 4.79 Å². The number of allylic oxidation sites excluding steroid dienone is 1. The molecule has 0 bridgehead atoms. The molecule has 2 aromatic heterocycles. The Kier molecular flexibility index (Phi) is 9.21. The standard InChI is InChI=1S/C25H26BrN3O4S3/c1-3-11-29-17-10-9-15(26)12-19(17)36-25(29)28-21(31)14-34-13-20(30)27-23-22(24(32)33-2)16-7-5-4-6-8-18(16)35-23/h3,9-10,12H,1,4-8,11,13-14H2,2H3,(H,27,30). The highest BCUT2D eigenvalue weighted by Crippen LogP contribution is 2.38. The molecule has 0 spiro atoms. The number of nitrogens with zero attached hydrogens (tertiary/aromatic N) is 2. The van der Waals surface area contributed by atoms with Crippen LogP contribution in [-0.2, 0) is 33.7 Å². The summed E-state index contributed by atoms with van der Waals surface area (Å²) in [6.07, 6.45) is 6.72. The molecule has 190 valence electrons. The summed E-state index contributed by atoms with van der Waals surface area (Å²) in [5.74, 6) is -0.840. The number of hydrogen-bond donors (Lipinski definition) is 1. The molecular formula is C25H26BrN3O4S3. The third-order valence-electron chi connectivity index (χ3n) is 5.70. The smallest absolute Gasteiger partial charge is 0.341 e. The van der Waals surface area contributed by atoms with Gasteiger partial charge >= 0.3 is 5.97 Å². The van der Waals surface area contributed by atoms with E-state index in [1.54, 1.807) is 6.08 Å². The molecule has 1 N–H and O–H groups in total. The first-order valence-corrected chi connectivity index (χ1v) is 15.1. The fourth-order valence-corrected chi connectivity index (χ4v) is 7.62. The molecule has 36 heavy (non-hydrogen) atoms. The number of aromatic nitrogens is 1. The highest BCUT2D eigenvalue weighted by atomic mass is 79.9. The summed E-state index contributed by atoms with van der Waals surface area (Å²) in [5.41, 5.74) is 2.47. The molecule has 1 aromatic carbocycles. The first-order valence-electron chi connectivity index (χ1n) is 11.5. The third-order valence-corrected chi connectivity index (χ3v) is 9.36. The lowest BCUT2D eigenvalue weighted by Crippen LogP contribution is -2.19. The molecule has 0 unspecified atom stereocenters. The Bertz CT molecular complexity index is 1390. The van der Waals surface area contributed by atoms with Crippen molar-refractivity contribution in [3.05, 3.63) is 56.1 Å². The van der Waals surface area contributed by atoms with E-state index in [0.717, 1.165) is 57.2 Å². The van der Waals surface area contributed by atoms with Crippen LogP contribution in [0, 0.1) is 0 Å². The van der Waals surface area contributed by atoms with Crippen LogP contribution in [0.1, 0.15) is 40.1 Å². The Morgan fingerprint density at radius 2 is 2.03 bits per heavy atom. The summed E-state index contributed by atoms with van der Waals surface area (Å²) in [5, 5.41) is 3.41. The highest BCUT2D eigenvalue weighted by molar-refractivity contribution is 9.10. The minimum absolute atomic E-state index is 0.0737. The molecular weight excluding hydrogens is 582 g/mol. The normalized spacial score (nSPS) is 13.8. The van der Waals surface area contributed by atoms with Crippen LogP contribution in [0.15, 0.2) is 40.3 Å². The SMILES string of the molecule is C=CCn1c(=NC(=O)CSCC(=O)Nc2sc3c(c2C(=O)OC)CCCCC3)sc2cc(Br)ccc21. The van der Waals surface area contributed by atoms with Crippen molar-refractivity contribution in [1.82, 2.24) is 4.57 Å². The van der Waals surface area contributed by atoms with Crippen molar-refractivity contribution in [2.75, 3.05) is 23.9 Å². The topological polar surface area (TPSA) is 89.8 Å². The van der Waals surface area contributed by atoms with Crippen molar-refractivity contribution in [2.45, 2.75) is 38.6 Å². The van der Waals surface area contributed by atoms with Gasteiger partial charge in [-0.1, -0.05) is 39.8 Å². The number of ether oxygens (including phenoxy) is 1. The lowest BCUT2D eigenvalue weighted by atomic mass is 10.1. The van der Waals surface area contributed by atoms with Gasteiger partial charge in [0, 0.05) is 15.9 Å². The number of methoxy groups -OCH3 is 1. The summed E-state index contributed by atoms with van der Waals surface area (Å²) >= 11 is 7.57. The Labute approximate surface area is 229 Å². The number of carbonyl (C=O) groups is 3. The van der Waals surface area contributed by atoms with E-state index >= 15 is 0 Å².